The molecule has 0 saturated carbocycles. The van der Waals surface area contributed by atoms with Gasteiger partial charge in [-0.1, -0.05) is 60.7 Å². The molecule has 0 atom stereocenters. The SMILES string of the molecule is C[N+](C)([O-])C(c1ccccc1)c1ccccc1. The molecule has 2 nitrogen and oxygen atoms in total. The van der Waals surface area contributed by atoms with Crippen molar-refractivity contribution >= 4 is 0 Å². The number of quaternary nitrogens is 1. The third-order valence-electron chi connectivity index (χ3n) is 2.85. The minimum absolute atomic E-state index is 0.169. The van der Waals surface area contributed by atoms with Gasteiger partial charge in [-0.3, -0.25) is 0 Å². The highest BCUT2D eigenvalue weighted by atomic mass is 16.5. The van der Waals surface area contributed by atoms with Crippen molar-refractivity contribution in [3.63, 3.8) is 0 Å². The highest BCUT2D eigenvalue weighted by Crippen LogP contribution is 2.30. The fourth-order valence-corrected chi connectivity index (χ4v) is 2.18. The Bertz CT molecular complexity index is 420. The molecule has 0 unspecified atom stereocenters. The summed E-state index contributed by atoms with van der Waals surface area (Å²) in [6.45, 7) is 0. The number of benzene rings is 2. The standard InChI is InChI=1S/C15H17NO/c1-16(2,17)15(13-9-5-3-6-10-13)14-11-7-4-8-12-14/h3-12,15H,1-2H3. The summed E-state index contributed by atoms with van der Waals surface area (Å²) in [4.78, 5) is 0. The Labute approximate surface area is 102 Å². The number of nitrogens with zero attached hydrogens (tertiary/aromatic N) is 1. The molecule has 0 spiro atoms. The van der Waals surface area contributed by atoms with E-state index in [1.807, 2.05) is 60.7 Å². The molecule has 0 radical (unpaired) electrons. The molecular weight excluding hydrogens is 210 g/mol. The second-order valence-corrected chi connectivity index (χ2v) is 4.66. The summed E-state index contributed by atoms with van der Waals surface area (Å²) in [7, 11) is 3.37. The maximum absolute atomic E-state index is 12.3. The van der Waals surface area contributed by atoms with Gasteiger partial charge in [0.2, 0.25) is 0 Å². The fourth-order valence-electron chi connectivity index (χ4n) is 2.18. The van der Waals surface area contributed by atoms with E-state index in [2.05, 4.69) is 0 Å². The Morgan fingerprint density at radius 3 is 1.41 bits per heavy atom. The number of rotatable bonds is 3. The van der Waals surface area contributed by atoms with E-state index in [-0.39, 0.29) is 10.7 Å². The molecule has 0 aromatic heterocycles. The van der Waals surface area contributed by atoms with Crippen LogP contribution in [0.2, 0.25) is 0 Å². The van der Waals surface area contributed by atoms with Gasteiger partial charge in [0.15, 0.2) is 0 Å². The summed E-state index contributed by atoms with van der Waals surface area (Å²) in [6, 6.07) is 19.7. The van der Waals surface area contributed by atoms with Crippen LogP contribution in [0.3, 0.4) is 0 Å². The number of hydrogen-bond acceptors (Lipinski definition) is 1. The third kappa shape index (κ3) is 2.73. The van der Waals surface area contributed by atoms with Crippen LogP contribution < -0.4 is 0 Å². The molecule has 2 aromatic rings. The van der Waals surface area contributed by atoms with Crippen molar-refractivity contribution in [1.29, 1.82) is 0 Å². The predicted octanol–water partition coefficient (Wildman–Crippen LogP) is 3.35. The van der Waals surface area contributed by atoms with Gasteiger partial charge in [-0.25, -0.2) is 0 Å². The van der Waals surface area contributed by atoms with Crippen molar-refractivity contribution < 1.29 is 4.65 Å². The lowest BCUT2D eigenvalue weighted by molar-refractivity contribution is -0.866. The molecule has 0 aliphatic rings. The average molecular weight is 227 g/mol. The van der Waals surface area contributed by atoms with Crippen molar-refractivity contribution in [2.45, 2.75) is 6.04 Å². The molecule has 0 N–H and O–H groups in total. The molecule has 0 fully saturated rings. The van der Waals surface area contributed by atoms with Crippen LogP contribution >= 0.6 is 0 Å². The molecule has 2 rings (SSSR count). The Morgan fingerprint density at radius 2 is 1.12 bits per heavy atom. The first kappa shape index (κ1) is 11.8. The van der Waals surface area contributed by atoms with E-state index in [1.165, 1.54) is 0 Å². The fraction of sp³-hybridized carbons (Fsp3) is 0.200. The van der Waals surface area contributed by atoms with E-state index < -0.39 is 0 Å². The van der Waals surface area contributed by atoms with Crippen LogP contribution in [0.15, 0.2) is 60.7 Å². The van der Waals surface area contributed by atoms with E-state index >= 15 is 0 Å². The molecule has 0 saturated heterocycles. The van der Waals surface area contributed by atoms with Gasteiger partial charge in [0, 0.05) is 11.1 Å². The Morgan fingerprint density at radius 1 is 0.765 bits per heavy atom. The molecule has 0 bridgehead atoms. The van der Waals surface area contributed by atoms with Crippen LogP contribution in [0.25, 0.3) is 0 Å². The van der Waals surface area contributed by atoms with Gasteiger partial charge < -0.3 is 9.85 Å². The lowest BCUT2D eigenvalue weighted by Gasteiger charge is -2.42. The van der Waals surface area contributed by atoms with Crippen LogP contribution in [0.4, 0.5) is 0 Å². The van der Waals surface area contributed by atoms with Crippen LogP contribution in [0, 0.1) is 5.21 Å². The van der Waals surface area contributed by atoms with Crippen LogP contribution in [-0.4, -0.2) is 18.7 Å². The largest absolute Gasteiger partial charge is 0.632 e. The zero-order chi connectivity index (χ0) is 12.3. The highest BCUT2D eigenvalue weighted by Gasteiger charge is 2.24. The highest BCUT2D eigenvalue weighted by molar-refractivity contribution is 5.29. The summed E-state index contributed by atoms with van der Waals surface area (Å²) >= 11 is 0. The maximum Gasteiger partial charge on any atom is 0.140 e. The topological polar surface area (TPSA) is 23.1 Å². The lowest BCUT2D eigenvalue weighted by atomic mass is 9.97. The lowest BCUT2D eigenvalue weighted by Crippen LogP contribution is -2.37. The van der Waals surface area contributed by atoms with Gasteiger partial charge in [0.1, 0.15) is 6.04 Å². The summed E-state index contributed by atoms with van der Waals surface area (Å²) in [5.41, 5.74) is 2.11. The molecular formula is C15H17NO. The van der Waals surface area contributed by atoms with Crippen LogP contribution in [0.1, 0.15) is 17.2 Å². The summed E-state index contributed by atoms with van der Waals surface area (Å²) < 4.78 is -0.353. The van der Waals surface area contributed by atoms with Crippen molar-refractivity contribution in [2.75, 3.05) is 14.1 Å². The van der Waals surface area contributed by atoms with Gasteiger partial charge >= 0.3 is 0 Å². The molecule has 0 amide bonds. The van der Waals surface area contributed by atoms with E-state index in [1.54, 1.807) is 14.1 Å². The van der Waals surface area contributed by atoms with Crippen LogP contribution in [-0.2, 0) is 0 Å². The minimum Gasteiger partial charge on any atom is -0.632 e. The normalized spacial score (nSPS) is 11.8. The molecule has 0 aliphatic heterocycles. The van der Waals surface area contributed by atoms with E-state index in [9.17, 15) is 5.21 Å². The third-order valence-corrected chi connectivity index (χ3v) is 2.85. The molecule has 0 aliphatic carbocycles. The number of hydroxylamine groups is 3. The van der Waals surface area contributed by atoms with Gasteiger partial charge in [-0.15, -0.1) is 0 Å². The van der Waals surface area contributed by atoms with E-state index in [0.717, 1.165) is 11.1 Å². The van der Waals surface area contributed by atoms with Gasteiger partial charge in [0.05, 0.1) is 14.1 Å². The first-order chi connectivity index (χ1) is 8.09. The van der Waals surface area contributed by atoms with E-state index in [0.29, 0.717) is 0 Å². The van der Waals surface area contributed by atoms with Crippen LogP contribution in [0.5, 0.6) is 0 Å². The van der Waals surface area contributed by atoms with Crippen molar-refractivity contribution in [2.24, 2.45) is 0 Å². The van der Waals surface area contributed by atoms with Crippen molar-refractivity contribution in [3.8, 4) is 0 Å². The number of hydrogen-bond donors (Lipinski definition) is 0. The monoisotopic (exact) mass is 227 g/mol. The van der Waals surface area contributed by atoms with E-state index in [4.69, 9.17) is 0 Å². The zero-order valence-corrected chi connectivity index (χ0v) is 10.2. The van der Waals surface area contributed by atoms with Gasteiger partial charge in [-0.05, 0) is 0 Å². The smallest absolute Gasteiger partial charge is 0.140 e. The van der Waals surface area contributed by atoms with Crippen molar-refractivity contribution in [1.82, 2.24) is 0 Å². The zero-order valence-electron chi connectivity index (χ0n) is 10.2. The Kier molecular flexibility index (Phi) is 3.27. The molecule has 0 heterocycles. The molecule has 17 heavy (non-hydrogen) atoms. The molecule has 88 valence electrons. The minimum atomic E-state index is -0.353. The Balaban J connectivity index is 2.48. The Hall–Kier alpha value is -1.64. The molecule has 2 heteroatoms. The average Bonchev–Trinajstić information content (AvgIpc) is 2.30. The molecule has 2 aromatic carbocycles. The van der Waals surface area contributed by atoms with Gasteiger partial charge in [0.25, 0.3) is 0 Å². The first-order valence-electron chi connectivity index (χ1n) is 5.73. The second-order valence-electron chi connectivity index (χ2n) is 4.66. The summed E-state index contributed by atoms with van der Waals surface area (Å²) in [5, 5.41) is 12.3. The second kappa shape index (κ2) is 4.70. The quantitative estimate of drug-likeness (QED) is 0.582. The first-order valence-corrected chi connectivity index (χ1v) is 5.73. The predicted molar refractivity (Wildman–Crippen MR) is 70.2 cm³/mol. The summed E-state index contributed by atoms with van der Waals surface area (Å²) in [5.74, 6) is 0. The maximum atomic E-state index is 12.3. The van der Waals surface area contributed by atoms with Gasteiger partial charge in [-0.2, -0.15) is 0 Å². The van der Waals surface area contributed by atoms with Crippen molar-refractivity contribution in [3.05, 3.63) is 77.0 Å². The summed E-state index contributed by atoms with van der Waals surface area (Å²) in [6.07, 6.45) is 0.